The van der Waals surface area contributed by atoms with Gasteiger partial charge in [-0.15, -0.1) is 0 Å². The highest BCUT2D eigenvalue weighted by Crippen LogP contribution is 2.28. The van der Waals surface area contributed by atoms with Crippen LogP contribution in [0.5, 0.6) is 0 Å². The lowest BCUT2D eigenvalue weighted by Crippen LogP contribution is -2.18. The third-order valence-electron chi connectivity index (χ3n) is 7.18. The second-order valence-electron chi connectivity index (χ2n) is 10.2. The van der Waals surface area contributed by atoms with Gasteiger partial charge in [0, 0.05) is 11.1 Å². The molecular formula is C36H36F2O6. The predicted molar refractivity (Wildman–Crippen MR) is 164 cm³/mol. The van der Waals surface area contributed by atoms with Gasteiger partial charge in [0.2, 0.25) is 0 Å². The van der Waals surface area contributed by atoms with Crippen LogP contribution in [0.3, 0.4) is 0 Å². The van der Waals surface area contributed by atoms with E-state index in [1.807, 2.05) is 60.7 Å². The Morgan fingerprint density at radius 3 is 1.27 bits per heavy atom. The molecule has 0 radical (unpaired) electrons. The molecule has 2 atom stereocenters. The highest BCUT2D eigenvalue weighted by atomic mass is 19.1. The molecule has 0 aliphatic carbocycles. The van der Waals surface area contributed by atoms with Crippen molar-refractivity contribution in [1.29, 1.82) is 0 Å². The van der Waals surface area contributed by atoms with E-state index in [-0.39, 0.29) is 39.6 Å². The van der Waals surface area contributed by atoms with E-state index in [0.717, 1.165) is 11.1 Å². The summed E-state index contributed by atoms with van der Waals surface area (Å²) >= 11 is 0. The molecule has 0 spiro atoms. The average molecular weight is 603 g/mol. The largest absolute Gasteiger partial charge is 0.463 e. The second kappa shape index (κ2) is 16.4. The molecule has 44 heavy (non-hydrogen) atoms. The number of halogens is 2. The van der Waals surface area contributed by atoms with E-state index < -0.39 is 35.4 Å². The summed E-state index contributed by atoms with van der Waals surface area (Å²) in [7, 11) is 0. The number of carbonyl (C=O) groups excluding carboxylic acids is 2. The van der Waals surface area contributed by atoms with Gasteiger partial charge in [-0.05, 0) is 48.2 Å². The third-order valence-corrected chi connectivity index (χ3v) is 7.18. The van der Waals surface area contributed by atoms with Crippen molar-refractivity contribution < 1.29 is 37.3 Å². The molecule has 0 saturated carbocycles. The lowest BCUT2D eigenvalue weighted by atomic mass is 9.97. The van der Waals surface area contributed by atoms with Gasteiger partial charge in [-0.3, -0.25) is 9.59 Å². The van der Waals surface area contributed by atoms with Crippen LogP contribution >= 0.6 is 0 Å². The van der Waals surface area contributed by atoms with Crippen LogP contribution in [0, 0.1) is 11.6 Å². The Kier molecular flexibility index (Phi) is 12.2. The summed E-state index contributed by atoms with van der Waals surface area (Å²) in [5.41, 5.74) is 3.54. The summed E-state index contributed by atoms with van der Waals surface area (Å²) in [5, 5.41) is 0. The molecule has 0 bridgehead atoms. The van der Waals surface area contributed by atoms with Gasteiger partial charge in [-0.2, -0.15) is 0 Å². The van der Waals surface area contributed by atoms with Crippen LogP contribution in [-0.4, -0.2) is 51.6 Å². The molecule has 0 saturated heterocycles. The molecule has 0 aliphatic heterocycles. The molecule has 0 aliphatic rings. The van der Waals surface area contributed by atoms with Gasteiger partial charge in [0.05, 0.1) is 38.3 Å². The van der Waals surface area contributed by atoms with E-state index in [4.69, 9.17) is 18.9 Å². The monoisotopic (exact) mass is 602 g/mol. The maximum Gasteiger partial charge on any atom is 0.313 e. The molecule has 0 aromatic heterocycles. The quantitative estimate of drug-likeness (QED) is 0.105. The van der Waals surface area contributed by atoms with Crippen molar-refractivity contribution in [2.24, 2.45) is 0 Å². The summed E-state index contributed by atoms with van der Waals surface area (Å²) < 4.78 is 50.7. The average Bonchev–Trinajstić information content (AvgIpc) is 3.05. The van der Waals surface area contributed by atoms with Crippen molar-refractivity contribution in [2.75, 3.05) is 39.6 Å². The van der Waals surface area contributed by atoms with Gasteiger partial charge in [0.25, 0.3) is 0 Å². The fourth-order valence-electron chi connectivity index (χ4n) is 4.55. The van der Waals surface area contributed by atoms with Crippen molar-refractivity contribution in [2.45, 2.75) is 25.7 Å². The molecule has 4 aromatic rings. The van der Waals surface area contributed by atoms with E-state index in [1.165, 1.54) is 12.1 Å². The topological polar surface area (TPSA) is 71.1 Å². The van der Waals surface area contributed by atoms with E-state index in [1.54, 1.807) is 38.1 Å². The number of esters is 2. The summed E-state index contributed by atoms with van der Waals surface area (Å²) in [6.45, 7) is 4.31. The molecule has 4 aromatic carbocycles. The Labute approximate surface area is 256 Å². The molecule has 6 nitrogen and oxygen atoms in total. The minimum Gasteiger partial charge on any atom is -0.463 e. The Balaban J connectivity index is 1.06. The fraction of sp³-hybridized carbons (Fsp3) is 0.278. The number of benzene rings is 4. The van der Waals surface area contributed by atoms with Crippen molar-refractivity contribution >= 4 is 11.9 Å². The first-order valence-electron chi connectivity index (χ1n) is 14.5. The number of rotatable bonds is 15. The van der Waals surface area contributed by atoms with Crippen LogP contribution < -0.4 is 0 Å². The van der Waals surface area contributed by atoms with Crippen LogP contribution in [-0.2, 0) is 28.5 Å². The minimum atomic E-state index is -0.629. The molecule has 0 heterocycles. The maximum absolute atomic E-state index is 14.7. The molecule has 0 N–H and O–H groups in total. The molecule has 230 valence electrons. The number of carbonyl (C=O) groups is 2. The van der Waals surface area contributed by atoms with Crippen molar-refractivity contribution in [3.05, 3.63) is 120 Å². The van der Waals surface area contributed by atoms with Gasteiger partial charge >= 0.3 is 11.9 Å². The van der Waals surface area contributed by atoms with Crippen molar-refractivity contribution in [3.8, 4) is 22.3 Å². The molecule has 2 unspecified atom stereocenters. The minimum absolute atomic E-state index is 0.0518. The second-order valence-corrected chi connectivity index (χ2v) is 10.2. The first-order valence-corrected chi connectivity index (χ1v) is 14.5. The smallest absolute Gasteiger partial charge is 0.313 e. The molecule has 4 rings (SSSR count). The van der Waals surface area contributed by atoms with Crippen LogP contribution in [0.25, 0.3) is 22.3 Å². The van der Waals surface area contributed by atoms with Crippen LogP contribution in [0.1, 0.15) is 36.8 Å². The Morgan fingerprint density at radius 1 is 0.545 bits per heavy atom. The molecule has 0 fully saturated rings. The molecular weight excluding hydrogens is 566 g/mol. The van der Waals surface area contributed by atoms with Gasteiger partial charge < -0.3 is 18.9 Å². The van der Waals surface area contributed by atoms with Crippen LogP contribution in [0.15, 0.2) is 97.1 Å². The lowest BCUT2D eigenvalue weighted by molar-refractivity contribution is -0.148. The fourth-order valence-corrected chi connectivity index (χ4v) is 4.55. The van der Waals surface area contributed by atoms with E-state index in [2.05, 4.69) is 0 Å². The van der Waals surface area contributed by atoms with Crippen LogP contribution in [0.2, 0.25) is 0 Å². The summed E-state index contributed by atoms with van der Waals surface area (Å²) in [4.78, 5) is 24.8. The van der Waals surface area contributed by atoms with Crippen LogP contribution in [0.4, 0.5) is 8.78 Å². The van der Waals surface area contributed by atoms with E-state index in [0.29, 0.717) is 22.3 Å². The van der Waals surface area contributed by atoms with Gasteiger partial charge in [0.1, 0.15) is 24.8 Å². The SMILES string of the molecule is CC(C(=O)OCCOCCOCCOC(=O)C(C)c1ccc(-c2ccccc2)c(F)c1)c1ccc(-c2ccccc2)c(F)c1. The van der Waals surface area contributed by atoms with Gasteiger partial charge in [-0.25, -0.2) is 8.78 Å². The van der Waals surface area contributed by atoms with E-state index >= 15 is 0 Å². The predicted octanol–water partition coefficient (Wildman–Crippen LogP) is 7.33. The van der Waals surface area contributed by atoms with Gasteiger partial charge in [0.15, 0.2) is 0 Å². The normalized spacial score (nSPS) is 12.4. The summed E-state index contributed by atoms with van der Waals surface area (Å²) in [6, 6.07) is 27.9. The molecule has 0 amide bonds. The van der Waals surface area contributed by atoms with Crippen molar-refractivity contribution in [1.82, 2.24) is 0 Å². The number of hydrogen-bond donors (Lipinski definition) is 0. The highest BCUT2D eigenvalue weighted by Gasteiger charge is 2.20. The third kappa shape index (κ3) is 9.05. The Bertz CT molecular complexity index is 1400. The Hall–Kier alpha value is -4.40. The van der Waals surface area contributed by atoms with Crippen molar-refractivity contribution in [3.63, 3.8) is 0 Å². The van der Waals surface area contributed by atoms with Gasteiger partial charge in [-0.1, -0.05) is 84.9 Å². The summed E-state index contributed by atoms with van der Waals surface area (Å²) in [6.07, 6.45) is 0. The molecule has 8 heteroatoms. The van der Waals surface area contributed by atoms with E-state index in [9.17, 15) is 18.4 Å². The highest BCUT2D eigenvalue weighted by molar-refractivity contribution is 5.79. The standard InChI is InChI=1S/C36H36F2O6/c1-25(29-13-15-31(33(37)23-29)27-9-5-3-6-10-27)35(39)43-21-19-41-17-18-42-20-22-44-36(40)26(2)30-14-16-32(34(38)24-30)28-11-7-4-8-12-28/h3-16,23-26H,17-22H2,1-2H3. The Morgan fingerprint density at radius 2 is 0.909 bits per heavy atom. The summed E-state index contributed by atoms with van der Waals surface area (Å²) in [5.74, 6) is -2.99. The zero-order valence-electron chi connectivity index (χ0n) is 24.8. The zero-order valence-corrected chi connectivity index (χ0v) is 24.8. The number of hydrogen-bond acceptors (Lipinski definition) is 6. The lowest BCUT2D eigenvalue weighted by Gasteiger charge is -2.14. The zero-order chi connectivity index (χ0) is 31.3. The first-order chi connectivity index (χ1) is 21.3. The maximum atomic E-state index is 14.7. The number of ether oxygens (including phenoxy) is 4. The first kappa shape index (κ1) is 32.5.